The predicted molar refractivity (Wildman–Crippen MR) is 93.6 cm³/mol. The van der Waals surface area contributed by atoms with Gasteiger partial charge in [0.1, 0.15) is 12.4 Å². The van der Waals surface area contributed by atoms with Gasteiger partial charge in [-0.25, -0.2) is 0 Å². The molecule has 3 heterocycles. The zero-order chi connectivity index (χ0) is 16.1. The number of rotatable bonds is 1. The summed E-state index contributed by atoms with van der Waals surface area (Å²) >= 11 is 0. The van der Waals surface area contributed by atoms with Gasteiger partial charge in [-0.3, -0.25) is 0 Å². The van der Waals surface area contributed by atoms with E-state index in [-0.39, 0.29) is 11.8 Å². The highest BCUT2D eigenvalue weighted by Gasteiger charge is 2.38. The molecular formula is C20H18N2O2. The maximum atomic E-state index is 6.07. The maximum absolute atomic E-state index is 6.07. The monoisotopic (exact) mass is 318 g/mol. The Bertz CT molecular complexity index is 957. The summed E-state index contributed by atoms with van der Waals surface area (Å²) < 4.78 is 8.25. The normalized spacial score (nSPS) is 22.1. The number of benzene rings is 2. The molecule has 2 atom stereocenters. The third kappa shape index (κ3) is 1.89. The predicted octanol–water partition coefficient (Wildman–Crippen LogP) is 3.71. The zero-order valence-electron chi connectivity index (χ0n) is 13.5. The summed E-state index contributed by atoms with van der Waals surface area (Å²) in [7, 11) is 2.09. The van der Waals surface area contributed by atoms with Gasteiger partial charge in [-0.05, 0) is 17.7 Å². The first-order valence-corrected chi connectivity index (χ1v) is 8.28. The highest BCUT2D eigenvalue weighted by molar-refractivity contribution is 6.01. The molecule has 0 spiro atoms. The molecule has 0 fully saturated rings. The Balaban J connectivity index is 1.80. The molecular weight excluding hydrogens is 300 g/mol. The van der Waals surface area contributed by atoms with Gasteiger partial charge in [-0.15, -0.1) is 0 Å². The first-order chi connectivity index (χ1) is 11.8. The Labute approximate surface area is 140 Å². The van der Waals surface area contributed by atoms with Gasteiger partial charge in [-0.1, -0.05) is 41.6 Å². The van der Waals surface area contributed by atoms with E-state index in [1.165, 1.54) is 22.0 Å². The van der Waals surface area contributed by atoms with Crippen LogP contribution in [0.25, 0.3) is 10.9 Å². The van der Waals surface area contributed by atoms with Crippen LogP contribution in [0, 0.1) is 5.92 Å². The number of nitrogens with zero attached hydrogens (tertiary/aromatic N) is 2. The zero-order valence-corrected chi connectivity index (χ0v) is 13.5. The van der Waals surface area contributed by atoms with E-state index in [4.69, 9.17) is 9.57 Å². The van der Waals surface area contributed by atoms with E-state index in [0.29, 0.717) is 13.2 Å². The van der Waals surface area contributed by atoms with Crippen molar-refractivity contribution in [2.75, 3.05) is 13.2 Å². The van der Waals surface area contributed by atoms with Crippen LogP contribution in [0.2, 0.25) is 0 Å². The van der Waals surface area contributed by atoms with Crippen LogP contribution in [0.4, 0.5) is 0 Å². The van der Waals surface area contributed by atoms with Crippen LogP contribution >= 0.6 is 0 Å². The number of aryl methyl sites for hydroxylation is 1. The van der Waals surface area contributed by atoms with Gasteiger partial charge >= 0.3 is 0 Å². The number of hydrogen-bond acceptors (Lipinski definition) is 3. The van der Waals surface area contributed by atoms with E-state index in [9.17, 15) is 0 Å². The second kappa shape index (κ2) is 5.13. The van der Waals surface area contributed by atoms with Crippen molar-refractivity contribution in [3.8, 4) is 5.75 Å². The lowest BCUT2D eigenvalue weighted by Gasteiger charge is -2.17. The van der Waals surface area contributed by atoms with E-state index in [1.54, 1.807) is 0 Å². The molecule has 0 saturated carbocycles. The van der Waals surface area contributed by atoms with Gasteiger partial charge in [0.2, 0.25) is 0 Å². The highest BCUT2D eigenvalue weighted by Crippen LogP contribution is 2.42. The molecule has 1 aromatic heterocycles. The number of oxime groups is 1. The summed E-state index contributed by atoms with van der Waals surface area (Å²) in [5, 5.41) is 5.68. The quantitative estimate of drug-likeness (QED) is 0.686. The van der Waals surface area contributed by atoms with Gasteiger partial charge in [0.25, 0.3) is 0 Å². The van der Waals surface area contributed by atoms with Crippen molar-refractivity contribution in [3.05, 3.63) is 65.9 Å². The Morgan fingerprint density at radius 2 is 1.83 bits per heavy atom. The summed E-state index contributed by atoms with van der Waals surface area (Å²) in [6.45, 7) is 1.22. The first kappa shape index (κ1) is 13.7. The van der Waals surface area contributed by atoms with Crippen molar-refractivity contribution in [2.24, 2.45) is 18.1 Å². The Morgan fingerprint density at radius 1 is 1.00 bits per heavy atom. The van der Waals surface area contributed by atoms with Crippen molar-refractivity contribution in [3.63, 3.8) is 0 Å². The summed E-state index contributed by atoms with van der Waals surface area (Å²) in [6.07, 6.45) is 2.22. The van der Waals surface area contributed by atoms with E-state index in [0.717, 1.165) is 11.5 Å². The van der Waals surface area contributed by atoms with Crippen LogP contribution in [0.15, 0.2) is 59.9 Å². The summed E-state index contributed by atoms with van der Waals surface area (Å²) in [6, 6.07) is 16.8. The molecule has 0 N–H and O–H groups in total. The lowest BCUT2D eigenvalue weighted by Crippen LogP contribution is -2.23. The number of ether oxygens (including phenoxy) is 1. The molecule has 0 radical (unpaired) electrons. The van der Waals surface area contributed by atoms with Gasteiger partial charge in [0, 0.05) is 29.7 Å². The fourth-order valence-electron chi connectivity index (χ4n) is 3.91. The van der Waals surface area contributed by atoms with Crippen molar-refractivity contribution >= 4 is 16.6 Å². The van der Waals surface area contributed by atoms with Crippen LogP contribution in [0.5, 0.6) is 5.75 Å². The summed E-state index contributed by atoms with van der Waals surface area (Å²) in [5.74, 6) is 1.23. The minimum absolute atomic E-state index is 0.0716. The second-order valence-electron chi connectivity index (χ2n) is 6.50. The largest absolute Gasteiger partial charge is 0.492 e. The molecule has 0 unspecified atom stereocenters. The highest BCUT2D eigenvalue weighted by atomic mass is 16.6. The average Bonchev–Trinajstić information content (AvgIpc) is 3.17. The third-order valence-electron chi connectivity index (χ3n) is 5.07. The van der Waals surface area contributed by atoms with E-state index in [2.05, 4.69) is 65.4 Å². The summed E-state index contributed by atoms with van der Waals surface area (Å²) in [4.78, 5) is 5.43. The van der Waals surface area contributed by atoms with E-state index < -0.39 is 0 Å². The van der Waals surface area contributed by atoms with Crippen LogP contribution in [0.3, 0.4) is 0 Å². The van der Waals surface area contributed by atoms with Crippen molar-refractivity contribution < 1.29 is 9.57 Å². The standard InChI is InChI=1S/C20H18N2O2/c1-22-10-16(14-6-2-4-8-17(14)22)19-15-7-3-5-9-18(15)23-11-13-12-24-21-20(13)19/h2-10,13,19H,11-12H2,1H3/t13-,19-/m1/s1. The minimum atomic E-state index is 0.0716. The molecule has 2 aromatic carbocycles. The number of hydrogen-bond donors (Lipinski definition) is 0. The molecule has 24 heavy (non-hydrogen) atoms. The first-order valence-electron chi connectivity index (χ1n) is 8.28. The van der Waals surface area contributed by atoms with E-state index >= 15 is 0 Å². The lowest BCUT2D eigenvalue weighted by atomic mass is 9.82. The lowest BCUT2D eigenvalue weighted by molar-refractivity contribution is 0.137. The third-order valence-corrected chi connectivity index (χ3v) is 5.07. The molecule has 2 aliphatic heterocycles. The molecule has 2 aliphatic rings. The van der Waals surface area contributed by atoms with Crippen LogP contribution < -0.4 is 4.74 Å². The topological polar surface area (TPSA) is 35.8 Å². The SMILES string of the molecule is Cn1cc([C@@H]2C3=NOC[C@H]3COc3ccccc32)c2ccccc21. The molecule has 4 heteroatoms. The van der Waals surface area contributed by atoms with Crippen molar-refractivity contribution in [2.45, 2.75) is 5.92 Å². The fourth-order valence-corrected chi connectivity index (χ4v) is 3.91. The van der Waals surface area contributed by atoms with Gasteiger partial charge < -0.3 is 14.1 Å². The number of para-hydroxylation sites is 2. The van der Waals surface area contributed by atoms with Gasteiger partial charge in [0.15, 0.2) is 0 Å². The number of aromatic nitrogens is 1. The van der Waals surface area contributed by atoms with Crippen LogP contribution in [-0.2, 0) is 11.9 Å². The molecule has 0 bridgehead atoms. The second-order valence-corrected chi connectivity index (χ2v) is 6.50. The van der Waals surface area contributed by atoms with E-state index in [1.807, 2.05) is 6.07 Å². The van der Waals surface area contributed by atoms with Crippen LogP contribution in [0.1, 0.15) is 17.0 Å². The number of fused-ring (bicyclic) bond motifs is 3. The fraction of sp³-hybridized carbons (Fsp3) is 0.250. The van der Waals surface area contributed by atoms with Gasteiger partial charge in [-0.2, -0.15) is 0 Å². The minimum Gasteiger partial charge on any atom is -0.492 e. The molecule has 0 saturated heterocycles. The molecule has 4 nitrogen and oxygen atoms in total. The smallest absolute Gasteiger partial charge is 0.128 e. The molecule has 3 aromatic rings. The maximum Gasteiger partial charge on any atom is 0.128 e. The Hall–Kier alpha value is -2.75. The van der Waals surface area contributed by atoms with Gasteiger partial charge in [0.05, 0.1) is 24.2 Å². The molecule has 0 aliphatic carbocycles. The van der Waals surface area contributed by atoms with Crippen LogP contribution in [-0.4, -0.2) is 23.5 Å². The van der Waals surface area contributed by atoms with Crippen molar-refractivity contribution in [1.29, 1.82) is 0 Å². The molecule has 0 amide bonds. The summed E-state index contributed by atoms with van der Waals surface area (Å²) in [5.41, 5.74) is 4.74. The average molecular weight is 318 g/mol. The molecule has 5 rings (SSSR count). The Kier molecular flexibility index (Phi) is 2.92. The van der Waals surface area contributed by atoms with Crippen molar-refractivity contribution in [1.82, 2.24) is 4.57 Å². The Morgan fingerprint density at radius 3 is 2.79 bits per heavy atom. The molecule has 120 valence electrons.